The molecule has 0 saturated carbocycles. The van der Waals surface area contributed by atoms with E-state index in [4.69, 9.17) is 10.2 Å². The van der Waals surface area contributed by atoms with Crippen LogP contribution >= 0.6 is 12.4 Å². The second kappa shape index (κ2) is 7.70. The van der Waals surface area contributed by atoms with E-state index < -0.39 is 17.5 Å². The Bertz CT molecular complexity index is 690. The Labute approximate surface area is 131 Å². The van der Waals surface area contributed by atoms with E-state index in [2.05, 4.69) is 20.3 Å². The molecule has 0 aliphatic rings. The van der Waals surface area contributed by atoms with Gasteiger partial charge in [-0.05, 0) is 18.2 Å². The van der Waals surface area contributed by atoms with E-state index in [-0.39, 0.29) is 18.2 Å². The first-order valence-electron chi connectivity index (χ1n) is 5.74. The minimum absolute atomic E-state index is 0. The first-order chi connectivity index (χ1) is 10.1. The van der Waals surface area contributed by atoms with Crippen LogP contribution in [0.25, 0.3) is 11.4 Å². The number of hydrogen-bond donors (Lipinski definition) is 3. The van der Waals surface area contributed by atoms with E-state index in [0.717, 1.165) is 11.8 Å². The number of pyridine rings is 1. The molecule has 0 fully saturated rings. The first kappa shape index (κ1) is 17.1. The van der Waals surface area contributed by atoms with Gasteiger partial charge in [-0.2, -0.15) is 0 Å². The normalized spacial score (nSPS) is 9.27. The van der Waals surface area contributed by atoms with Gasteiger partial charge < -0.3 is 15.5 Å². The smallest absolute Gasteiger partial charge is 0.344 e. The minimum Gasteiger partial charge on any atom is -0.477 e. The average Bonchev–Trinajstić information content (AvgIpc) is 2.48. The summed E-state index contributed by atoms with van der Waals surface area (Å²) in [4.78, 5) is 33.6. The highest BCUT2D eigenvalue weighted by atomic mass is 35.5. The summed E-state index contributed by atoms with van der Waals surface area (Å²) in [5.74, 6) is -2.41. The van der Waals surface area contributed by atoms with Gasteiger partial charge in [-0.15, -0.1) is 12.4 Å². The minimum atomic E-state index is -1.54. The molecule has 114 valence electrons. The summed E-state index contributed by atoms with van der Waals surface area (Å²) < 4.78 is 0. The van der Waals surface area contributed by atoms with Gasteiger partial charge in [0.2, 0.25) is 0 Å². The molecule has 0 radical (unpaired) electrons. The van der Waals surface area contributed by atoms with Crippen LogP contribution in [0.2, 0.25) is 0 Å². The first-order valence-corrected chi connectivity index (χ1v) is 5.74. The summed E-state index contributed by atoms with van der Waals surface area (Å²) in [5, 5.41) is 20.0. The molecular formula is C13H11ClN4O4. The summed E-state index contributed by atoms with van der Waals surface area (Å²) >= 11 is 0. The fraction of sp³-hybridized carbons (Fsp3) is 0. The van der Waals surface area contributed by atoms with Gasteiger partial charge in [0.1, 0.15) is 5.82 Å². The van der Waals surface area contributed by atoms with Gasteiger partial charge in [-0.1, -0.05) is 0 Å². The van der Waals surface area contributed by atoms with Crippen molar-refractivity contribution in [3.05, 3.63) is 48.6 Å². The maximum Gasteiger partial charge on any atom is 0.344 e. The molecule has 0 amide bonds. The van der Waals surface area contributed by atoms with Crippen molar-refractivity contribution in [2.24, 2.45) is 0 Å². The molecule has 0 unspecified atom stereocenters. The standard InChI is InChI=1S/C13H10N4O4.ClH/c18-12(19)9(13(20)21)7-16-10-3-6-15-11(17-10)8-1-4-14-5-2-8;/h1-7H,(H,18,19)(H,20,21)(H,15,16,17);1H. The predicted octanol–water partition coefficient (Wildman–Crippen LogP) is 1.43. The molecule has 2 aromatic rings. The maximum atomic E-state index is 10.7. The van der Waals surface area contributed by atoms with Crippen LogP contribution in [0.1, 0.15) is 0 Å². The van der Waals surface area contributed by atoms with Crippen molar-refractivity contribution in [3.8, 4) is 11.4 Å². The molecule has 2 heterocycles. The Hall–Kier alpha value is -3.00. The van der Waals surface area contributed by atoms with Crippen molar-refractivity contribution in [1.82, 2.24) is 15.0 Å². The molecule has 0 bridgehead atoms. The van der Waals surface area contributed by atoms with Crippen molar-refractivity contribution in [3.63, 3.8) is 0 Å². The Kier molecular flexibility index (Phi) is 5.96. The Morgan fingerprint density at radius 1 is 1.05 bits per heavy atom. The number of aromatic nitrogens is 3. The Morgan fingerprint density at radius 3 is 2.27 bits per heavy atom. The topological polar surface area (TPSA) is 125 Å². The van der Waals surface area contributed by atoms with E-state index in [1.165, 1.54) is 12.3 Å². The molecule has 2 rings (SSSR count). The van der Waals surface area contributed by atoms with Crippen LogP contribution in [0.3, 0.4) is 0 Å². The van der Waals surface area contributed by atoms with Gasteiger partial charge in [-0.25, -0.2) is 19.6 Å². The fourth-order valence-corrected chi connectivity index (χ4v) is 1.44. The molecule has 9 heteroatoms. The monoisotopic (exact) mass is 322 g/mol. The van der Waals surface area contributed by atoms with Gasteiger partial charge in [0, 0.05) is 30.4 Å². The molecule has 0 aliphatic carbocycles. The van der Waals surface area contributed by atoms with Crippen LogP contribution in [0.15, 0.2) is 48.6 Å². The second-order valence-corrected chi connectivity index (χ2v) is 3.81. The third-order valence-corrected chi connectivity index (χ3v) is 2.42. The lowest BCUT2D eigenvalue weighted by Gasteiger charge is -2.04. The summed E-state index contributed by atoms with van der Waals surface area (Å²) in [6.07, 6.45) is 5.51. The van der Waals surface area contributed by atoms with E-state index in [1.54, 1.807) is 24.5 Å². The third kappa shape index (κ3) is 4.25. The number of rotatable bonds is 5. The molecule has 0 aliphatic heterocycles. The van der Waals surface area contributed by atoms with E-state index in [0.29, 0.717) is 5.82 Å². The lowest BCUT2D eigenvalue weighted by molar-refractivity contribution is -0.140. The van der Waals surface area contributed by atoms with Crippen molar-refractivity contribution in [2.45, 2.75) is 0 Å². The number of carboxylic acid groups (broad SMARTS) is 2. The molecule has 0 atom stereocenters. The number of halogens is 1. The van der Waals surface area contributed by atoms with Crippen molar-refractivity contribution in [2.75, 3.05) is 5.32 Å². The molecule has 2 aromatic heterocycles. The van der Waals surface area contributed by atoms with Crippen molar-refractivity contribution < 1.29 is 19.8 Å². The van der Waals surface area contributed by atoms with Crippen LogP contribution in [-0.4, -0.2) is 37.1 Å². The zero-order valence-electron chi connectivity index (χ0n) is 11.0. The molecule has 8 nitrogen and oxygen atoms in total. The van der Waals surface area contributed by atoms with Crippen LogP contribution in [0.4, 0.5) is 5.82 Å². The van der Waals surface area contributed by atoms with Crippen molar-refractivity contribution >= 4 is 30.2 Å². The lowest BCUT2D eigenvalue weighted by atomic mass is 10.2. The molecule has 0 saturated heterocycles. The lowest BCUT2D eigenvalue weighted by Crippen LogP contribution is -2.13. The average molecular weight is 323 g/mol. The number of hydrogen-bond acceptors (Lipinski definition) is 6. The zero-order valence-corrected chi connectivity index (χ0v) is 11.8. The van der Waals surface area contributed by atoms with E-state index in [9.17, 15) is 9.59 Å². The third-order valence-electron chi connectivity index (χ3n) is 2.42. The number of aliphatic carboxylic acids is 2. The SMILES string of the molecule is Cl.O=C(O)C(=CNc1ccnc(-c2ccncc2)n1)C(=O)O. The number of carbonyl (C=O) groups is 2. The predicted molar refractivity (Wildman–Crippen MR) is 79.5 cm³/mol. The summed E-state index contributed by atoms with van der Waals surface area (Å²) in [6, 6.07) is 4.92. The van der Waals surface area contributed by atoms with Gasteiger partial charge in [0.15, 0.2) is 11.4 Å². The van der Waals surface area contributed by atoms with Crippen LogP contribution in [0.5, 0.6) is 0 Å². The highest BCUT2D eigenvalue weighted by Gasteiger charge is 2.15. The Balaban J connectivity index is 0.00000242. The van der Waals surface area contributed by atoms with Crippen LogP contribution < -0.4 is 5.32 Å². The number of nitrogens with one attached hydrogen (secondary N) is 1. The number of carboxylic acids is 2. The largest absolute Gasteiger partial charge is 0.477 e. The number of nitrogens with zero attached hydrogens (tertiary/aromatic N) is 3. The van der Waals surface area contributed by atoms with E-state index in [1.807, 2.05) is 0 Å². The van der Waals surface area contributed by atoms with Crippen LogP contribution in [-0.2, 0) is 9.59 Å². The van der Waals surface area contributed by atoms with Gasteiger partial charge in [0.25, 0.3) is 0 Å². The van der Waals surface area contributed by atoms with Gasteiger partial charge in [-0.3, -0.25) is 4.98 Å². The summed E-state index contributed by atoms with van der Waals surface area (Å²) in [7, 11) is 0. The van der Waals surface area contributed by atoms with Crippen LogP contribution in [0, 0.1) is 0 Å². The second-order valence-electron chi connectivity index (χ2n) is 3.81. The highest BCUT2D eigenvalue weighted by Crippen LogP contribution is 2.14. The number of anilines is 1. The summed E-state index contributed by atoms with van der Waals surface area (Å²) in [5.41, 5.74) is -0.0617. The molecule has 3 N–H and O–H groups in total. The maximum absolute atomic E-state index is 10.7. The Morgan fingerprint density at radius 2 is 1.68 bits per heavy atom. The molecule has 0 aromatic carbocycles. The zero-order chi connectivity index (χ0) is 15.2. The van der Waals surface area contributed by atoms with Gasteiger partial charge in [0.05, 0.1) is 0 Å². The van der Waals surface area contributed by atoms with Crippen molar-refractivity contribution in [1.29, 1.82) is 0 Å². The molecule has 0 spiro atoms. The van der Waals surface area contributed by atoms with E-state index >= 15 is 0 Å². The van der Waals surface area contributed by atoms with Gasteiger partial charge >= 0.3 is 11.9 Å². The quantitative estimate of drug-likeness (QED) is 0.429. The fourth-order valence-electron chi connectivity index (χ4n) is 1.44. The highest BCUT2D eigenvalue weighted by molar-refractivity contribution is 6.12. The summed E-state index contributed by atoms with van der Waals surface area (Å²) in [6.45, 7) is 0. The molecule has 22 heavy (non-hydrogen) atoms. The molecular weight excluding hydrogens is 312 g/mol.